The van der Waals surface area contributed by atoms with Gasteiger partial charge in [0.25, 0.3) is 0 Å². The minimum absolute atomic E-state index is 0.106. The van der Waals surface area contributed by atoms with Crippen LogP contribution in [0.25, 0.3) is 22.3 Å². The van der Waals surface area contributed by atoms with E-state index in [-0.39, 0.29) is 10.3 Å². The molecule has 0 atom stereocenters. The van der Waals surface area contributed by atoms with Gasteiger partial charge in [-0.15, -0.1) is 0 Å². The molecule has 1 nitrogen and oxygen atoms in total. The molecule has 0 amide bonds. The molecule has 0 aliphatic heterocycles. The Labute approximate surface area is 267 Å². The third-order valence-corrected chi connectivity index (χ3v) is 12.3. The van der Waals surface area contributed by atoms with Gasteiger partial charge in [0.2, 0.25) is 0 Å². The first-order valence-electron chi connectivity index (χ1n) is 16.7. The maximum absolute atomic E-state index is 6.27. The van der Waals surface area contributed by atoms with Gasteiger partial charge in [-0.1, -0.05) is 141 Å². The lowest BCUT2D eigenvalue weighted by atomic mass is 9.75. The average molecular weight is 601 g/mol. The maximum atomic E-state index is 6.27. The third kappa shape index (κ3) is 7.59. The van der Waals surface area contributed by atoms with Crippen molar-refractivity contribution in [2.45, 2.75) is 144 Å². The summed E-state index contributed by atoms with van der Waals surface area (Å²) in [4.78, 5) is 0. The molecule has 0 aliphatic carbocycles. The van der Waals surface area contributed by atoms with E-state index in [0.29, 0.717) is 17.8 Å². The minimum Gasteiger partial charge on any atom is -0.496 e. The second-order valence-electron chi connectivity index (χ2n) is 15.5. The molecule has 0 heterocycles. The van der Waals surface area contributed by atoms with Gasteiger partial charge in [-0.2, -0.15) is 0 Å². The first-order chi connectivity index (χ1) is 19.9. The Morgan fingerprint density at radius 1 is 0.698 bits per heavy atom. The van der Waals surface area contributed by atoms with Crippen molar-refractivity contribution < 1.29 is 4.74 Å². The number of aryl methyl sites for hydroxylation is 2. The van der Waals surface area contributed by atoms with Crippen LogP contribution in [-0.2, 0) is 6.42 Å². The molecular formula is C41H61OP. The van der Waals surface area contributed by atoms with Crippen molar-refractivity contribution in [1.29, 1.82) is 0 Å². The standard InChI is InChI=1S/C41H61OP/c1-16-17-18-30-20-22-31(23-21-30)37-32(26(2)3)25-33(27(4)5)38(35(37)28(6)7)36-29(8)19-24-34(42-15)39(36)43(40(9,10)11)41(12,13)14/h19-28H,16-18H2,1-15H3. The Balaban J connectivity index is 2.63. The minimum atomic E-state index is -0.608. The third-order valence-electron chi connectivity index (χ3n) is 8.69. The molecule has 0 aromatic heterocycles. The topological polar surface area (TPSA) is 9.23 Å². The van der Waals surface area contributed by atoms with Crippen molar-refractivity contribution in [3.63, 3.8) is 0 Å². The number of hydrogen-bond acceptors (Lipinski definition) is 1. The predicted octanol–water partition coefficient (Wildman–Crippen LogP) is 12.8. The molecule has 0 radical (unpaired) electrons. The summed E-state index contributed by atoms with van der Waals surface area (Å²) in [6.45, 7) is 33.4. The fraction of sp³-hybridized carbons (Fsp3) is 0.561. The first kappa shape index (κ1) is 35.4. The molecule has 0 saturated heterocycles. The van der Waals surface area contributed by atoms with Crippen LogP contribution in [0.15, 0.2) is 42.5 Å². The van der Waals surface area contributed by atoms with Crippen LogP contribution < -0.4 is 10.0 Å². The number of hydrogen-bond donors (Lipinski definition) is 0. The van der Waals surface area contributed by atoms with Crippen LogP contribution in [-0.4, -0.2) is 17.4 Å². The maximum Gasteiger partial charge on any atom is 0.127 e. The molecule has 0 aliphatic rings. The molecule has 0 N–H and O–H groups in total. The Kier molecular flexibility index (Phi) is 11.4. The highest BCUT2D eigenvalue weighted by atomic mass is 31.1. The number of unbranched alkanes of at least 4 members (excludes halogenated alkanes) is 1. The van der Waals surface area contributed by atoms with Crippen molar-refractivity contribution in [3.05, 3.63) is 70.3 Å². The lowest BCUT2D eigenvalue weighted by Crippen LogP contribution is -2.33. The number of benzene rings is 3. The van der Waals surface area contributed by atoms with E-state index in [0.717, 1.165) is 12.2 Å². The van der Waals surface area contributed by atoms with Crippen LogP contribution in [0.2, 0.25) is 0 Å². The summed E-state index contributed by atoms with van der Waals surface area (Å²) in [6.07, 6.45) is 3.62. The van der Waals surface area contributed by atoms with Crippen LogP contribution in [0.1, 0.15) is 148 Å². The predicted molar refractivity (Wildman–Crippen MR) is 196 cm³/mol. The van der Waals surface area contributed by atoms with E-state index in [1.54, 1.807) is 0 Å². The van der Waals surface area contributed by atoms with E-state index >= 15 is 0 Å². The van der Waals surface area contributed by atoms with Crippen molar-refractivity contribution in [2.24, 2.45) is 0 Å². The molecule has 0 fully saturated rings. The van der Waals surface area contributed by atoms with E-state index in [4.69, 9.17) is 4.74 Å². The van der Waals surface area contributed by atoms with Gasteiger partial charge in [0.1, 0.15) is 5.75 Å². The molecule has 0 unspecified atom stereocenters. The summed E-state index contributed by atoms with van der Waals surface area (Å²) >= 11 is 0. The highest BCUT2D eigenvalue weighted by Crippen LogP contribution is 2.62. The number of ether oxygens (including phenoxy) is 1. The zero-order valence-electron chi connectivity index (χ0n) is 30.3. The van der Waals surface area contributed by atoms with Gasteiger partial charge in [0, 0.05) is 5.30 Å². The fourth-order valence-corrected chi connectivity index (χ4v) is 11.4. The normalized spacial score (nSPS) is 12.7. The highest BCUT2D eigenvalue weighted by molar-refractivity contribution is 7.69. The van der Waals surface area contributed by atoms with E-state index in [2.05, 4.69) is 139 Å². The Hall–Kier alpha value is -2.11. The zero-order valence-corrected chi connectivity index (χ0v) is 31.1. The fourth-order valence-electron chi connectivity index (χ4n) is 7.11. The van der Waals surface area contributed by atoms with Gasteiger partial charge in [-0.3, -0.25) is 0 Å². The van der Waals surface area contributed by atoms with Crippen LogP contribution >= 0.6 is 7.92 Å². The Morgan fingerprint density at radius 2 is 1.23 bits per heavy atom. The van der Waals surface area contributed by atoms with Crippen LogP contribution in [0, 0.1) is 6.92 Å². The first-order valence-corrected chi connectivity index (χ1v) is 18.1. The van der Waals surface area contributed by atoms with Crippen molar-refractivity contribution in [2.75, 3.05) is 7.11 Å². The van der Waals surface area contributed by atoms with Gasteiger partial charge < -0.3 is 4.74 Å². The second-order valence-corrected chi connectivity index (χ2v) is 19.3. The summed E-state index contributed by atoms with van der Waals surface area (Å²) in [5, 5.41) is 1.64. The van der Waals surface area contributed by atoms with E-state index in [9.17, 15) is 0 Å². The van der Waals surface area contributed by atoms with Crippen molar-refractivity contribution in [1.82, 2.24) is 0 Å². The van der Waals surface area contributed by atoms with Crippen LogP contribution in [0.4, 0.5) is 0 Å². The van der Waals surface area contributed by atoms with Crippen molar-refractivity contribution >= 4 is 13.2 Å². The summed E-state index contributed by atoms with van der Waals surface area (Å²) in [5.41, 5.74) is 12.9. The van der Waals surface area contributed by atoms with Gasteiger partial charge in [-0.05, 0) is 104 Å². The molecule has 236 valence electrons. The van der Waals surface area contributed by atoms with Crippen LogP contribution in [0.3, 0.4) is 0 Å². The lowest BCUT2D eigenvalue weighted by Gasteiger charge is -2.44. The van der Waals surface area contributed by atoms with Gasteiger partial charge in [0.15, 0.2) is 0 Å². The van der Waals surface area contributed by atoms with E-state index < -0.39 is 7.92 Å². The molecule has 2 heteroatoms. The van der Waals surface area contributed by atoms with Gasteiger partial charge >= 0.3 is 0 Å². The molecule has 3 aromatic carbocycles. The van der Waals surface area contributed by atoms with Gasteiger partial charge in [-0.25, -0.2) is 0 Å². The molecule has 3 aromatic rings. The zero-order chi connectivity index (χ0) is 32.4. The SMILES string of the molecule is CCCCc1ccc(-c2c(C(C)C)cc(C(C)C)c(-c3c(C)ccc(OC)c3P(C(C)(C)C)C(C)(C)C)c2C(C)C)cc1. The monoisotopic (exact) mass is 600 g/mol. The van der Waals surface area contributed by atoms with Gasteiger partial charge in [0.05, 0.1) is 7.11 Å². The van der Waals surface area contributed by atoms with E-state index in [1.165, 1.54) is 68.2 Å². The second kappa shape index (κ2) is 13.9. The molecule has 0 spiro atoms. The summed E-state index contributed by atoms with van der Waals surface area (Å²) in [7, 11) is 1.25. The lowest BCUT2D eigenvalue weighted by molar-refractivity contribution is 0.418. The molecular weight excluding hydrogens is 539 g/mol. The Bertz CT molecular complexity index is 1360. The highest BCUT2D eigenvalue weighted by Gasteiger charge is 2.40. The summed E-state index contributed by atoms with van der Waals surface area (Å²) in [6, 6.07) is 16.6. The average Bonchev–Trinajstić information content (AvgIpc) is 2.89. The molecule has 3 rings (SSSR count). The molecule has 0 saturated carbocycles. The van der Waals surface area contributed by atoms with Crippen LogP contribution in [0.5, 0.6) is 5.75 Å². The van der Waals surface area contributed by atoms with Crippen molar-refractivity contribution in [3.8, 4) is 28.0 Å². The quantitative estimate of drug-likeness (QED) is 0.210. The number of methoxy groups -OCH3 is 1. The van der Waals surface area contributed by atoms with E-state index in [1.807, 2.05) is 7.11 Å². The smallest absolute Gasteiger partial charge is 0.127 e. The molecule has 43 heavy (non-hydrogen) atoms. The summed E-state index contributed by atoms with van der Waals surface area (Å²) < 4.78 is 6.27. The summed E-state index contributed by atoms with van der Waals surface area (Å²) in [5.74, 6) is 2.21. The largest absolute Gasteiger partial charge is 0.496 e. The Morgan fingerprint density at radius 3 is 1.67 bits per heavy atom. The number of rotatable bonds is 10. The molecule has 0 bridgehead atoms.